The molecule has 1 atom stereocenters. The van der Waals surface area contributed by atoms with Crippen LogP contribution in [0.25, 0.3) is 11.3 Å². The quantitative estimate of drug-likeness (QED) is 0.750. The van der Waals surface area contributed by atoms with Crippen molar-refractivity contribution in [3.8, 4) is 11.3 Å². The Labute approximate surface area is 150 Å². The Morgan fingerprint density at radius 1 is 1.32 bits per heavy atom. The van der Waals surface area contributed by atoms with Crippen molar-refractivity contribution in [3.63, 3.8) is 0 Å². The first-order chi connectivity index (χ1) is 12.1. The van der Waals surface area contributed by atoms with Gasteiger partial charge in [-0.3, -0.25) is 9.89 Å². The van der Waals surface area contributed by atoms with Crippen molar-refractivity contribution < 1.29 is 9.21 Å². The maximum atomic E-state index is 12.9. The van der Waals surface area contributed by atoms with Gasteiger partial charge in [0, 0.05) is 29.9 Å². The van der Waals surface area contributed by atoms with Crippen LogP contribution < -0.4 is 0 Å². The van der Waals surface area contributed by atoms with E-state index in [4.69, 9.17) is 16.0 Å². The predicted molar refractivity (Wildman–Crippen MR) is 95.4 cm³/mol. The average Bonchev–Trinajstić information content (AvgIpc) is 3.21. The summed E-state index contributed by atoms with van der Waals surface area (Å²) in [6.45, 7) is 3.36. The van der Waals surface area contributed by atoms with Crippen molar-refractivity contribution in [2.24, 2.45) is 5.92 Å². The summed E-state index contributed by atoms with van der Waals surface area (Å²) in [5.74, 6) is 1.16. The van der Waals surface area contributed by atoms with Crippen molar-refractivity contribution in [1.82, 2.24) is 15.1 Å². The van der Waals surface area contributed by atoms with E-state index in [2.05, 4.69) is 17.1 Å². The third kappa shape index (κ3) is 3.07. The van der Waals surface area contributed by atoms with Crippen LogP contribution >= 0.6 is 11.6 Å². The van der Waals surface area contributed by atoms with E-state index in [0.29, 0.717) is 35.6 Å². The zero-order chi connectivity index (χ0) is 17.4. The largest absolute Gasteiger partial charge is 0.451 e. The number of furan rings is 1. The number of hydrogen-bond acceptors (Lipinski definition) is 3. The first-order valence-electron chi connectivity index (χ1n) is 8.27. The molecule has 5 nitrogen and oxygen atoms in total. The Bertz CT molecular complexity index is 915. The molecule has 0 radical (unpaired) electrons. The van der Waals surface area contributed by atoms with Gasteiger partial charge in [0.25, 0.3) is 5.91 Å². The predicted octanol–water partition coefficient (Wildman–Crippen LogP) is 4.16. The van der Waals surface area contributed by atoms with E-state index in [1.807, 2.05) is 23.1 Å². The van der Waals surface area contributed by atoms with Crippen molar-refractivity contribution in [3.05, 3.63) is 64.6 Å². The lowest BCUT2D eigenvalue weighted by Crippen LogP contribution is -2.33. The Morgan fingerprint density at radius 2 is 2.16 bits per heavy atom. The number of rotatable bonds is 2. The highest BCUT2D eigenvalue weighted by Gasteiger charge is 2.26. The average molecular weight is 356 g/mol. The minimum absolute atomic E-state index is 0.112. The molecule has 1 N–H and O–H groups in total. The molecule has 0 saturated carbocycles. The number of carbonyl (C=O) groups excluding carboxylic acids is 1. The number of amides is 1. The second-order valence-electron chi connectivity index (χ2n) is 6.51. The van der Waals surface area contributed by atoms with E-state index in [1.54, 1.807) is 24.4 Å². The number of H-pyrrole nitrogens is 1. The SMILES string of the molecule is CC1Cc2[nH]ncc2CN(C(=O)c2ccc(-c3ccccc3Cl)o2)C1. The zero-order valence-electron chi connectivity index (χ0n) is 13.8. The molecule has 1 aromatic carbocycles. The van der Waals surface area contributed by atoms with Gasteiger partial charge in [0.15, 0.2) is 5.76 Å². The molecule has 128 valence electrons. The van der Waals surface area contributed by atoms with Crippen molar-refractivity contribution in [2.75, 3.05) is 6.54 Å². The summed E-state index contributed by atoms with van der Waals surface area (Å²) in [7, 11) is 0. The monoisotopic (exact) mass is 355 g/mol. The van der Waals surface area contributed by atoms with E-state index in [1.165, 1.54) is 0 Å². The molecule has 1 unspecified atom stereocenters. The molecule has 2 aromatic heterocycles. The molecular formula is C19H18ClN3O2. The Balaban J connectivity index is 1.60. The Morgan fingerprint density at radius 3 is 3.00 bits per heavy atom. The molecule has 3 heterocycles. The van der Waals surface area contributed by atoms with Crippen molar-refractivity contribution >= 4 is 17.5 Å². The van der Waals surface area contributed by atoms with Crippen molar-refractivity contribution in [2.45, 2.75) is 19.9 Å². The van der Waals surface area contributed by atoms with Crippen LogP contribution in [-0.2, 0) is 13.0 Å². The molecule has 0 fully saturated rings. The molecule has 1 aliphatic heterocycles. The molecule has 0 aliphatic carbocycles. The van der Waals surface area contributed by atoms with Crippen LogP contribution in [0.3, 0.4) is 0 Å². The summed E-state index contributed by atoms with van der Waals surface area (Å²) in [4.78, 5) is 14.7. The van der Waals surface area contributed by atoms with Gasteiger partial charge < -0.3 is 9.32 Å². The summed E-state index contributed by atoms with van der Waals surface area (Å²) in [5.41, 5.74) is 2.96. The number of aromatic nitrogens is 2. The molecule has 3 aromatic rings. The normalized spacial score (nSPS) is 17.2. The number of nitrogens with one attached hydrogen (secondary N) is 1. The van der Waals surface area contributed by atoms with E-state index >= 15 is 0 Å². The van der Waals surface area contributed by atoms with Crippen LogP contribution in [0.1, 0.15) is 28.7 Å². The summed E-state index contributed by atoms with van der Waals surface area (Å²) in [6, 6.07) is 10.9. The number of hydrogen-bond donors (Lipinski definition) is 1. The maximum absolute atomic E-state index is 12.9. The van der Waals surface area contributed by atoms with Gasteiger partial charge in [-0.05, 0) is 36.6 Å². The summed E-state index contributed by atoms with van der Waals surface area (Å²) in [6.07, 6.45) is 2.69. The van der Waals surface area contributed by atoms with Gasteiger partial charge in [-0.2, -0.15) is 5.10 Å². The second-order valence-corrected chi connectivity index (χ2v) is 6.92. The van der Waals surface area contributed by atoms with Gasteiger partial charge in [0.1, 0.15) is 5.76 Å². The van der Waals surface area contributed by atoms with Gasteiger partial charge in [-0.25, -0.2) is 0 Å². The van der Waals surface area contributed by atoms with Crippen LogP contribution in [-0.4, -0.2) is 27.5 Å². The first-order valence-corrected chi connectivity index (χ1v) is 8.64. The summed E-state index contributed by atoms with van der Waals surface area (Å²) in [5, 5.41) is 7.73. The summed E-state index contributed by atoms with van der Waals surface area (Å²) < 4.78 is 5.81. The number of nitrogens with zero attached hydrogens (tertiary/aromatic N) is 2. The highest BCUT2D eigenvalue weighted by molar-refractivity contribution is 6.33. The zero-order valence-corrected chi connectivity index (χ0v) is 14.6. The highest BCUT2D eigenvalue weighted by atomic mass is 35.5. The third-order valence-corrected chi connectivity index (χ3v) is 4.83. The topological polar surface area (TPSA) is 62.1 Å². The van der Waals surface area contributed by atoms with Gasteiger partial charge in [0.05, 0.1) is 11.2 Å². The van der Waals surface area contributed by atoms with E-state index < -0.39 is 0 Å². The minimum Gasteiger partial charge on any atom is -0.451 e. The molecule has 1 aliphatic rings. The fourth-order valence-electron chi connectivity index (χ4n) is 3.28. The molecule has 4 rings (SSSR count). The standard InChI is InChI=1S/C19H18ClN3O2/c1-12-8-16-13(9-21-22-16)11-23(10-12)19(24)18-7-6-17(25-18)14-4-2-3-5-15(14)20/h2-7,9,12H,8,10-11H2,1H3,(H,21,22). The lowest BCUT2D eigenvalue weighted by atomic mass is 10.1. The molecule has 0 saturated heterocycles. The molecule has 0 bridgehead atoms. The smallest absolute Gasteiger partial charge is 0.289 e. The number of halogens is 1. The van der Waals surface area contributed by atoms with Crippen LogP contribution in [0, 0.1) is 5.92 Å². The number of fused-ring (bicyclic) bond motifs is 1. The second kappa shape index (κ2) is 6.41. The molecule has 1 amide bonds. The summed E-state index contributed by atoms with van der Waals surface area (Å²) >= 11 is 6.21. The fourth-order valence-corrected chi connectivity index (χ4v) is 3.51. The Hall–Kier alpha value is -2.53. The van der Waals surface area contributed by atoms with Crippen LogP contribution in [0.2, 0.25) is 5.02 Å². The molecule has 25 heavy (non-hydrogen) atoms. The first kappa shape index (κ1) is 16.0. The van der Waals surface area contributed by atoms with Gasteiger partial charge in [-0.15, -0.1) is 0 Å². The van der Waals surface area contributed by atoms with Crippen LogP contribution in [0.15, 0.2) is 47.0 Å². The minimum atomic E-state index is -0.112. The van der Waals surface area contributed by atoms with Gasteiger partial charge >= 0.3 is 0 Å². The van der Waals surface area contributed by atoms with Crippen LogP contribution in [0.5, 0.6) is 0 Å². The molecule has 0 spiro atoms. The Kier molecular flexibility index (Phi) is 4.09. The lowest BCUT2D eigenvalue weighted by molar-refractivity contribution is 0.0694. The third-order valence-electron chi connectivity index (χ3n) is 4.50. The molecule has 6 heteroatoms. The lowest BCUT2D eigenvalue weighted by Gasteiger charge is -2.21. The highest BCUT2D eigenvalue weighted by Crippen LogP contribution is 2.30. The maximum Gasteiger partial charge on any atom is 0.289 e. The van der Waals surface area contributed by atoms with Crippen molar-refractivity contribution in [1.29, 1.82) is 0 Å². The van der Waals surface area contributed by atoms with Crippen LogP contribution in [0.4, 0.5) is 0 Å². The van der Waals surface area contributed by atoms with Gasteiger partial charge in [-0.1, -0.05) is 30.7 Å². The van der Waals surface area contributed by atoms with E-state index in [-0.39, 0.29) is 5.91 Å². The van der Waals surface area contributed by atoms with E-state index in [0.717, 1.165) is 23.2 Å². The van der Waals surface area contributed by atoms with E-state index in [9.17, 15) is 4.79 Å². The fraction of sp³-hybridized carbons (Fsp3) is 0.263. The number of benzene rings is 1. The number of carbonyl (C=O) groups is 1. The molecular weight excluding hydrogens is 338 g/mol. The van der Waals surface area contributed by atoms with Gasteiger partial charge in [0.2, 0.25) is 0 Å². The number of aromatic amines is 1.